The number of fused-ring (bicyclic) bond motifs is 1. The molecule has 0 aliphatic heterocycles. The topological polar surface area (TPSA) is 46.4 Å². The number of para-hydroxylation sites is 1. The van der Waals surface area contributed by atoms with E-state index in [1.54, 1.807) is 0 Å². The lowest BCUT2D eigenvalue weighted by molar-refractivity contribution is -0.00126. The maximum atomic E-state index is 12.6. The molecule has 4 heteroatoms. The normalized spacial score (nSPS) is 23.8. The Labute approximate surface area is 148 Å². The number of allylic oxidation sites excluding steroid dienone is 2. The van der Waals surface area contributed by atoms with Crippen molar-refractivity contribution in [2.45, 2.75) is 26.7 Å². The number of nitrogens with one attached hydrogen (secondary N) is 1. The third kappa shape index (κ3) is 2.72. The second kappa shape index (κ2) is 6.03. The van der Waals surface area contributed by atoms with E-state index in [9.17, 15) is 4.79 Å². The summed E-state index contributed by atoms with van der Waals surface area (Å²) in [6.07, 6.45) is 10.3. The van der Waals surface area contributed by atoms with E-state index in [1.165, 1.54) is 12.0 Å². The summed E-state index contributed by atoms with van der Waals surface area (Å²) in [6.45, 7) is 4.66. The number of hydrogen-bond acceptors (Lipinski definition) is 2. The molecule has 1 aromatic carbocycles. The Bertz CT molecular complexity index is 846. The first-order valence-corrected chi connectivity index (χ1v) is 8.83. The Morgan fingerprint density at radius 1 is 1.24 bits per heavy atom. The molecule has 2 atom stereocenters. The van der Waals surface area contributed by atoms with Crippen LogP contribution in [0.4, 0.5) is 0 Å². The molecule has 0 saturated heterocycles. The van der Waals surface area contributed by atoms with Gasteiger partial charge in [0.25, 0.3) is 5.91 Å². The Kier molecular flexibility index (Phi) is 3.83. The molecule has 25 heavy (non-hydrogen) atoms. The number of carbonyl (C=O) groups is 1. The van der Waals surface area contributed by atoms with Gasteiger partial charge < -0.3 is 4.57 Å². The first-order valence-electron chi connectivity index (χ1n) is 8.83. The van der Waals surface area contributed by atoms with Crippen LogP contribution < -0.4 is 5.43 Å². The summed E-state index contributed by atoms with van der Waals surface area (Å²) in [5.41, 5.74) is 5.76. The molecule has 128 valence electrons. The van der Waals surface area contributed by atoms with Gasteiger partial charge in [-0.05, 0) is 59.9 Å². The zero-order valence-corrected chi connectivity index (χ0v) is 14.6. The van der Waals surface area contributed by atoms with Crippen LogP contribution in [0.1, 0.15) is 37.0 Å². The van der Waals surface area contributed by atoms with Gasteiger partial charge in [-0.2, -0.15) is 5.10 Å². The van der Waals surface area contributed by atoms with Crippen LogP contribution in [0.3, 0.4) is 0 Å². The van der Waals surface area contributed by atoms with E-state index < -0.39 is 0 Å². The highest BCUT2D eigenvalue weighted by Gasteiger charge is 2.50. The average Bonchev–Trinajstić information content (AvgIpc) is 3.16. The largest absolute Gasteiger partial charge is 0.323 e. The van der Waals surface area contributed by atoms with E-state index >= 15 is 0 Å². The van der Waals surface area contributed by atoms with Crippen molar-refractivity contribution in [2.75, 3.05) is 0 Å². The molecule has 2 bridgehead atoms. The van der Waals surface area contributed by atoms with Crippen LogP contribution in [0.25, 0.3) is 5.69 Å². The summed E-state index contributed by atoms with van der Waals surface area (Å²) in [5.74, 6) is 1.18. The Hall–Kier alpha value is -2.62. The molecule has 1 amide bonds. The van der Waals surface area contributed by atoms with E-state index in [1.807, 2.05) is 59.6 Å². The van der Waals surface area contributed by atoms with Crippen LogP contribution in [-0.2, 0) is 0 Å². The molecule has 1 saturated carbocycles. The van der Waals surface area contributed by atoms with Gasteiger partial charge in [0.15, 0.2) is 0 Å². The van der Waals surface area contributed by atoms with Crippen LogP contribution in [0, 0.1) is 17.3 Å². The second-order valence-electron chi connectivity index (χ2n) is 7.55. The Morgan fingerprint density at radius 2 is 2.00 bits per heavy atom. The number of rotatable bonds is 4. The number of nitrogens with zero attached hydrogens (tertiary/aromatic N) is 2. The lowest BCUT2D eigenvalue weighted by atomic mass is 9.49. The van der Waals surface area contributed by atoms with Crippen LogP contribution in [0.5, 0.6) is 0 Å². The SMILES string of the molecule is CC1(C)[C@@H]2CC=C(/C=N\NC(=O)c3ccccc3-n3cccc3)[C@@H]1C2. The summed E-state index contributed by atoms with van der Waals surface area (Å²) in [7, 11) is 0. The molecule has 3 aliphatic rings. The van der Waals surface area contributed by atoms with Gasteiger partial charge in [-0.25, -0.2) is 5.43 Å². The third-order valence-corrected chi connectivity index (χ3v) is 5.92. The molecule has 5 rings (SSSR count). The molecule has 2 aromatic rings. The number of carbonyl (C=O) groups excluding carboxylic acids is 1. The first kappa shape index (κ1) is 15.9. The molecular formula is C21H23N3O. The monoisotopic (exact) mass is 333 g/mol. The van der Waals surface area contributed by atoms with Crippen molar-refractivity contribution in [2.24, 2.45) is 22.4 Å². The minimum absolute atomic E-state index is 0.192. The van der Waals surface area contributed by atoms with Crippen molar-refractivity contribution < 1.29 is 4.79 Å². The molecule has 1 fully saturated rings. The molecule has 0 spiro atoms. The molecule has 1 heterocycles. The minimum Gasteiger partial charge on any atom is -0.323 e. The van der Waals surface area contributed by atoms with Gasteiger partial charge in [0.05, 0.1) is 17.5 Å². The van der Waals surface area contributed by atoms with Crippen molar-refractivity contribution >= 4 is 12.1 Å². The Morgan fingerprint density at radius 3 is 2.72 bits per heavy atom. The van der Waals surface area contributed by atoms with Crippen LogP contribution in [0.15, 0.2) is 65.5 Å². The highest BCUT2D eigenvalue weighted by Crippen LogP contribution is 2.58. The molecule has 3 aliphatic carbocycles. The van der Waals surface area contributed by atoms with Gasteiger partial charge in [-0.15, -0.1) is 0 Å². The van der Waals surface area contributed by atoms with Crippen molar-refractivity contribution in [1.82, 2.24) is 9.99 Å². The summed E-state index contributed by atoms with van der Waals surface area (Å²) >= 11 is 0. The fourth-order valence-corrected chi connectivity index (χ4v) is 4.16. The van der Waals surface area contributed by atoms with Crippen LogP contribution in [0.2, 0.25) is 0 Å². The van der Waals surface area contributed by atoms with E-state index in [0.29, 0.717) is 16.9 Å². The van der Waals surface area contributed by atoms with Crippen LogP contribution in [-0.4, -0.2) is 16.7 Å². The van der Waals surface area contributed by atoms with Crippen molar-refractivity contribution in [3.05, 3.63) is 66.0 Å². The highest BCUT2D eigenvalue weighted by molar-refractivity contribution is 5.98. The number of hydrazone groups is 1. The third-order valence-electron chi connectivity index (χ3n) is 5.92. The Balaban J connectivity index is 1.48. The number of aromatic nitrogens is 1. The highest BCUT2D eigenvalue weighted by atomic mass is 16.2. The first-order chi connectivity index (χ1) is 12.1. The lowest BCUT2D eigenvalue weighted by Gasteiger charge is -2.55. The molecule has 0 radical (unpaired) electrons. The van der Waals surface area contributed by atoms with Crippen molar-refractivity contribution in [1.29, 1.82) is 0 Å². The molecule has 1 N–H and O–H groups in total. The quantitative estimate of drug-likeness (QED) is 0.662. The standard InChI is InChI=1S/C21H23N3O/c1-21(2)16-10-9-15(18(21)13-16)14-22-23-20(25)17-7-3-4-8-19(17)24-11-5-6-12-24/h3-9,11-12,14,16,18H,10,13H2,1-2H3,(H,23,25)/b22-14-/t16-,18+/m1/s1. The fraction of sp³-hybridized carbons (Fsp3) is 0.333. The zero-order valence-electron chi connectivity index (χ0n) is 14.6. The number of benzene rings is 1. The minimum atomic E-state index is -0.192. The van der Waals surface area contributed by atoms with Crippen molar-refractivity contribution in [3.63, 3.8) is 0 Å². The fourth-order valence-electron chi connectivity index (χ4n) is 4.16. The molecule has 1 aromatic heterocycles. The van der Waals surface area contributed by atoms with E-state index in [0.717, 1.165) is 18.0 Å². The smallest absolute Gasteiger partial charge is 0.273 e. The van der Waals surface area contributed by atoms with Gasteiger partial charge in [-0.3, -0.25) is 4.79 Å². The van der Waals surface area contributed by atoms with Gasteiger partial charge >= 0.3 is 0 Å². The molecule has 0 unspecified atom stereocenters. The second-order valence-corrected chi connectivity index (χ2v) is 7.55. The van der Waals surface area contributed by atoms with E-state index in [2.05, 4.69) is 30.5 Å². The molecular weight excluding hydrogens is 310 g/mol. The maximum Gasteiger partial charge on any atom is 0.273 e. The predicted molar refractivity (Wildman–Crippen MR) is 99.8 cm³/mol. The maximum absolute atomic E-state index is 12.6. The van der Waals surface area contributed by atoms with Gasteiger partial charge in [0, 0.05) is 12.4 Å². The summed E-state index contributed by atoms with van der Waals surface area (Å²) in [4.78, 5) is 12.6. The van der Waals surface area contributed by atoms with Gasteiger partial charge in [-0.1, -0.05) is 32.1 Å². The molecule has 4 nitrogen and oxygen atoms in total. The van der Waals surface area contributed by atoms with Gasteiger partial charge in [0.2, 0.25) is 0 Å². The summed E-state index contributed by atoms with van der Waals surface area (Å²) in [5, 5.41) is 4.23. The van der Waals surface area contributed by atoms with Crippen molar-refractivity contribution in [3.8, 4) is 5.69 Å². The summed E-state index contributed by atoms with van der Waals surface area (Å²) < 4.78 is 1.93. The lowest BCUT2D eigenvalue weighted by Crippen LogP contribution is -2.48. The van der Waals surface area contributed by atoms with Crippen LogP contribution >= 0.6 is 0 Å². The predicted octanol–water partition coefficient (Wildman–Crippen LogP) is 4.19. The zero-order chi connectivity index (χ0) is 17.4. The number of hydrogen-bond donors (Lipinski definition) is 1. The average molecular weight is 333 g/mol. The number of amides is 1. The van der Waals surface area contributed by atoms with E-state index in [4.69, 9.17) is 0 Å². The van der Waals surface area contributed by atoms with Gasteiger partial charge in [0.1, 0.15) is 0 Å². The van der Waals surface area contributed by atoms with E-state index in [-0.39, 0.29) is 5.91 Å². The summed E-state index contributed by atoms with van der Waals surface area (Å²) in [6, 6.07) is 11.4.